The van der Waals surface area contributed by atoms with Crippen molar-refractivity contribution in [2.75, 3.05) is 10.0 Å². The fourth-order valence-corrected chi connectivity index (χ4v) is 5.55. The molecule has 0 radical (unpaired) electrons. The minimum atomic E-state index is -0.747. The monoisotopic (exact) mass is 494 g/mol. The standard InChI is InChI=1S/C25H20Cl2N4OS/c1-17(32)24-29-31(22-9-5-6-20(27)16-22)25(33-24)15-14-23(18-10-12-19(26)13-11-18)28-30(25)21-7-3-2-4-8-21/h2-13,16H,14-15H2,1H3/t25-/m0/s1. The number of hydrogen-bond acceptors (Lipinski definition) is 6. The largest absolute Gasteiger partial charge is 0.292 e. The summed E-state index contributed by atoms with van der Waals surface area (Å²) in [5.74, 6) is -0.0793. The number of halogens is 2. The summed E-state index contributed by atoms with van der Waals surface area (Å²) in [6, 6.07) is 25.2. The molecule has 33 heavy (non-hydrogen) atoms. The van der Waals surface area contributed by atoms with E-state index in [-0.39, 0.29) is 5.78 Å². The Labute approximate surface area is 206 Å². The summed E-state index contributed by atoms with van der Waals surface area (Å²) in [5, 5.41) is 15.4. The van der Waals surface area contributed by atoms with E-state index in [9.17, 15) is 4.79 Å². The summed E-state index contributed by atoms with van der Waals surface area (Å²) in [4.78, 5) is 11.7. The number of Topliss-reactive ketones (excluding diaryl/α,β-unsaturated/α-hetero) is 1. The first-order valence-electron chi connectivity index (χ1n) is 10.5. The maximum absolute atomic E-state index is 12.4. The van der Waals surface area contributed by atoms with E-state index in [1.807, 2.05) is 88.9 Å². The SMILES string of the molecule is CC(=O)C1=NN(c2cccc(Cl)c2)[C@@]2(CCC(c3ccc(Cl)cc3)=NN2c2ccccc2)S1. The van der Waals surface area contributed by atoms with Gasteiger partial charge in [0.05, 0.1) is 17.1 Å². The lowest BCUT2D eigenvalue weighted by molar-refractivity contribution is -0.110. The van der Waals surface area contributed by atoms with Crippen molar-refractivity contribution in [2.45, 2.75) is 24.8 Å². The van der Waals surface area contributed by atoms with Crippen LogP contribution >= 0.6 is 35.0 Å². The molecule has 0 saturated heterocycles. The average Bonchev–Trinajstić information content (AvgIpc) is 3.21. The molecule has 5 rings (SSSR count). The van der Waals surface area contributed by atoms with Crippen LogP contribution < -0.4 is 10.0 Å². The third-order valence-corrected chi connectivity index (χ3v) is 7.48. The molecular formula is C25H20Cl2N4OS. The minimum Gasteiger partial charge on any atom is -0.292 e. The lowest BCUT2D eigenvalue weighted by Crippen LogP contribution is -2.56. The number of carbonyl (C=O) groups excluding carboxylic acids is 1. The number of hydrogen-bond donors (Lipinski definition) is 0. The molecule has 2 aliphatic rings. The molecule has 0 saturated carbocycles. The first kappa shape index (κ1) is 22.0. The van der Waals surface area contributed by atoms with Gasteiger partial charge in [0.2, 0.25) is 4.99 Å². The highest BCUT2D eigenvalue weighted by atomic mass is 35.5. The number of para-hydroxylation sites is 1. The summed E-state index contributed by atoms with van der Waals surface area (Å²) in [5.41, 5.74) is 3.67. The molecule has 1 atom stereocenters. The number of thioether (sulfide) groups is 1. The van der Waals surface area contributed by atoms with Crippen LogP contribution in [0.5, 0.6) is 0 Å². The zero-order valence-corrected chi connectivity index (χ0v) is 20.1. The molecule has 0 unspecified atom stereocenters. The molecular weight excluding hydrogens is 475 g/mol. The number of carbonyl (C=O) groups is 1. The van der Waals surface area contributed by atoms with Gasteiger partial charge in [-0.05, 0) is 66.2 Å². The van der Waals surface area contributed by atoms with Crippen LogP contribution in [0.1, 0.15) is 25.3 Å². The Hall–Kier alpha value is -2.80. The number of ketones is 1. The number of nitrogens with zero attached hydrogens (tertiary/aromatic N) is 4. The summed E-state index contributed by atoms with van der Waals surface area (Å²) >= 11 is 13.9. The molecule has 0 aliphatic carbocycles. The van der Waals surface area contributed by atoms with Gasteiger partial charge >= 0.3 is 0 Å². The molecule has 3 aromatic carbocycles. The zero-order chi connectivity index (χ0) is 23.0. The molecule has 3 aromatic rings. The van der Waals surface area contributed by atoms with Gasteiger partial charge in [-0.2, -0.15) is 10.2 Å². The van der Waals surface area contributed by atoms with Gasteiger partial charge in [0.25, 0.3) is 0 Å². The molecule has 0 aromatic heterocycles. The first-order chi connectivity index (χ1) is 16.0. The van der Waals surface area contributed by atoms with Crippen LogP contribution in [0, 0.1) is 0 Å². The lowest BCUT2D eigenvalue weighted by Gasteiger charge is -2.46. The van der Waals surface area contributed by atoms with E-state index in [1.165, 1.54) is 11.8 Å². The van der Waals surface area contributed by atoms with Gasteiger partial charge in [-0.25, -0.2) is 10.0 Å². The molecule has 1 spiro atoms. The predicted octanol–water partition coefficient (Wildman–Crippen LogP) is 6.81. The third kappa shape index (κ3) is 4.14. The van der Waals surface area contributed by atoms with Gasteiger partial charge in [0.15, 0.2) is 10.8 Å². The van der Waals surface area contributed by atoms with Gasteiger partial charge in [0.1, 0.15) is 0 Å². The maximum atomic E-state index is 12.4. The fourth-order valence-electron chi connectivity index (χ4n) is 4.00. The molecule has 0 fully saturated rings. The van der Waals surface area contributed by atoms with Crippen LogP contribution in [-0.2, 0) is 4.79 Å². The van der Waals surface area contributed by atoms with Gasteiger partial charge in [-0.15, -0.1) is 0 Å². The van der Waals surface area contributed by atoms with E-state index in [1.54, 1.807) is 6.92 Å². The number of anilines is 2. The van der Waals surface area contributed by atoms with Gasteiger partial charge < -0.3 is 0 Å². The predicted molar refractivity (Wildman–Crippen MR) is 139 cm³/mol. The normalized spacial score (nSPS) is 20.1. The second kappa shape index (κ2) is 8.86. The summed E-state index contributed by atoms with van der Waals surface area (Å²) in [6.07, 6.45) is 1.39. The quantitative estimate of drug-likeness (QED) is 0.399. The van der Waals surface area contributed by atoms with Crippen molar-refractivity contribution in [3.05, 3.63) is 94.5 Å². The Morgan fingerprint density at radius 2 is 1.58 bits per heavy atom. The highest BCUT2D eigenvalue weighted by molar-refractivity contribution is 8.17. The van der Waals surface area contributed by atoms with E-state index in [0.717, 1.165) is 22.6 Å². The van der Waals surface area contributed by atoms with Crippen LogP contribution in [0.25, 0.3) is 0 Å². The van der Waals surface area contributed by atoms with E-state index in [4.69, 9.17) is 33.4 Å². The Balaban J connectivity index is 1.67. The Bertz CT molecular complexity index is 1260. The highest BCUT2D eigenvalue weighted by Crippen LogP contribution is 2.50. The molecule has 2 aliphatic heterocycles. The number of benzene rings is 3. The molecule has 2 heterocycles. The number of rotatable bonds is 4. The highest BCUT2D eigenvalue weighted by Gasteiger charge is 2.52. The van der Waals surface area contributed by atoms with Gasteiger partial charge in [-0.1, -0.05) is 59.6 Å². The van der Waals surface area contributed by atoms with Crippen molar-refractivity contribution < 1.29 is 4.79 Å². The Morgan fingerprint density at radius 3 is 2.27 bits per heavy atom. The molecule has 0 bridgehead atoms. The van der Waals surface area contributed by atoms with E-state index in [2.05, 4.69) is 0 Å². The van der Waals surface area contributed by atoms with Crippen molar-refractivity contribution in [3.8, 4) is 0 Å². The topological polar surface area (TPSA) is 48.3 Å². The van der Waals surface area contributed by atoms with E-state index >= 15 is 0 Å². The molecule has 8 heteroatoms. The summed E-state index contributed by atoms with van der Waals surface area (Å²) < 4.78 is 0. The third-order valence-electron chi connectivity index (χ3n) is 5.55. The smallest absolute Gasteiger partial charge is 0.208 e. The molecule has 5 nitrogen and oxygen atoms in total. The number of hydrazone groups is 2. The van der Waals surface area contributed by atoms with Crippen molar-refractivity contribution in [1.29, 1.82) is 0 Å². The van der Waals surface area contributed by atoms with Crippen molar-refractivity contribution in [1.82, 2.24) is 0 Å². The maximum Gasteiger partial charge on any atom is 0.208 e. The van der Waals surface area contributed by atoms with Crippen LogP contribution in [0.15, 0.2) is 89.1 Å². The van der Waals surface area contributed by atoms with Crippen molar-refractivity contribution in [3.63, 3.8) is 0 Å². The first-order valence-corrected chi connectivity index (χ1v) is 12.1. The average molecular weight is 495 g/mol. The lowest BCUT2D eigenvalue weighted by atomic mass is 10.0. The summed E-state index contributed by atoms with van der Waals surface area (Å²) in [7, 11) is 0. The Morgan fingerprint density at radius 1 is 0.879 bits per heavy atom. The van der Waals surface area contributed by atoms with Gasteiger partial charge in [0, 0.05) is 23.4 Å². The molecule has 0 amide bonds. The van der Waals surface area contributed by atoms with E-state index in [0.29, 0.717) is 27.9 Å². The second-order valence-corrected chi connectivity index (χ2v) is 9.92. The van der Waals surface area contributed by atoms with E-state index < -0.39 is 4.99 Å². The Kier molecular flexibility index (Phi) is 5.91. The fraction of sp³-hybridized carbons (Fsp3) is 0.160. The zero-order valence-electron chi connectivity index (χ0n) is 17.8. The van der Waals surface area contributed by atoms with Crippen molar-refractivity contribution >= 4 is 62.9 Å². The minimum absolute atomic E-state index is 0.0793. The van der Waals surface area contributed by atoms with Gasteiger partial charge in [-0.3, -0.25) is 4.79 Å². The second-order valence-electron chi connectivity index (χ2n) is 7.80. The molecule has 0 N–H and O–H groups in total. The van der Waals surface area contributed by atoms with Crippen LogP contribution in [0.3, 0.4) is 0 Å². The van der Waals surface area contributed by atoms with Crippen LogP contribution in [0.2, 0.25) is 10.0 Å². The van der Waals surface area contributed by atoms with Crippen molar-refractivity contribution in [2.24, 2.45) is 10.2 Å². The van der Waals surface area contributed by atoms with Crippen LogP contribution in [-0.4, -0.2) is 21.5 Å². The molecule has 166 valence electrons. The van der Waals surface area contributed by atoms with Crippen LogP contribution in [0.4, 0.5) is 11.4 Å². The summed E-state index contributed by atoms with van der Waals surface area (Å²) in [6.45, 7) is 1.54.